The lowest BCUT2D eigenvalue weighted by atomic mass is 10.0. The third-order valence-electron chi connectivity index (χ3n) is 5.88. The lowest BCUT2D eigenvalue weighted by molar-refractivity contribution is -0.142. The van der Waals surface area contributed by atoms with Gasteiger partial charge in [0.2, 0.25) is 11.8 Å². The van der Waals surface area contributed by atoms with Crippen LogP contribution in [-0.2, 0) is 27.3 Å². The molecule has 0 radical (unpaired) electrons. The molecule has 0 aliphatic rings. The second-order valence-electron chi connectivity index (χ2n) is 10.0. The number of hydrogen-bond donors (Lipinski definition) is 2. The van der Waals surface area contributed by atoms with Crippen molar-refractivity contribution < 1.29 is 19.1 Å². The van der Waals surface area contributed by atoms with Gasteiger partial charge in [0.1, 0.15) is 17.7 Å². The van der Waals surface area contributed by atoms with E-state index in [1.807, 2.05) is 97.9 Å². The van der Waals surface area contributed by atoms with Crippen molar-refractivity contribution in [3.63, 3.8) is 0 Å². The molecule has 200 valence electrons. The molecule has 0 heterocycles. The molecule has 7 heteroatoms. The van der Waals surface area contributed by atoms with Gasteiger partial charge in [-0.2, -0.15) is 0 Å². The summed E-state index contributed by atoms with van der Waals surface area (Å²) in [7, 11) is 0. The van der Waals surface area contributed by atoms with E-state index in [-0.39, 0.29) is 24.8 Å². The summed E-state index contributed by atoms with van der Waals surface area (Å²) in [4.78, 5) is 41.9. The van der Waals surface area contributed by atoms with E-state index in [0.29, 0.717) is 12.1 Å². The lowest BCUT2D eigenvalue weighted by Gasteiger charge is -2.34. The van der Waals surface area contributed by atoms with E-state index in [0.717, 1.165) is 11.1 Å². The molecule has 38 heavy (non-hydrogen) atoms. The average molecular weight is 516 g/mol. The molecule has 0 spiro atoms. The summed E-state index contributed by atoms with van der Waals surface area (Å²) in [5, 5.41) is 5.74. The van der Waals surface area contributed by atoms with Gasteiger partial charge in [0.15, 0.2) is 0 Å². The van der Waals surface area contributed by atoms with Gasteiger partial charge < -0.3 is 20.3 Å². The number of ether oxygens (including phenoxy) is 1. The molecule has 0 aliphatic carbocycles. The molecule has 0 bridgehead atoms. The van der Waals surface area contributed by atoms with E-state index in [1.54, 1.807) is 20.8 Å². The predicted octanol–water partition coefficient (Wildman–Crippen LogP) is 5.03. The van der Waals surface area contributed by atoms with Crippen molar-refractivity contribution in [2.75, 3.05) is 6.54 Å². The fraction of sp³-hybridized carbons (Fsp3) is 0.323. The number of nitrogens with zero attached hydrogens (tertiary/aromatic N) is 1. The smallest absolute Gasteiger partial charge is 0.408 e. The molecule has 3 aromatic rings. The molecule has 2 N–H and O–H groups in total. The number of amides is 3. The van der Waals surface area contributed by atoms with Crippen LogP contribution in [-0.4, -0.2) is 41.0 Å². The Hall–Kier alpha value is -4.13. The van der Waals surface area contributed by atoms with Crippen molar-refractivity contribution in [1.29, 1.82) is 0 Å². The molecule has 0 saturated carbocycles. The van der Waals surface area contributed by atoms with Crippen molar-refractivity contribution in [3.05, 3.63) is 108 Å². The molecule has 3 amide bonds. The highest BCUT2D eigenvalue weighted by atomic mass is 16.6. The third kappa shape index (κ3) is 8.47. The van der Waals surface area contributed by atoms with Crippen LogP contribution in [0.1, 0.15) is 50.4 Å². The maximum atomic E-state index is 14.0. The Morgan fingerprint density at radius 2 is 1.34 bits per heavy atom. The normalized spacial score (nSPS) is 12.6. The summed E-state index contributed by atoms with van der Waals surface area (Å²) in [6.45, 7) is 7.71. The van der Waals surface area contributed by atoms with Gasteiger partial charge >= 0.3 is 6.09 Å². The van der Waals surface area contributed by atoms with Crippen LogP contribution in [0.2, 0.25) is 0 Å². The number of benzene rings is 3. The van der Waals surface area contributed by atoms with Crippen molar-refractivity contribution in [1.82, 2.24) is 15.5 Å². The first-order valence-corrected chi connectivity index (χ1v) is 12.9. The van der Waals surface area contributed by atoms with Crippen molar-refractivity contribution in [3.8, 4) is 0 Å². The number of hydrogen-bond acceptors (Lipinski definition) is 4. The first-order valence-electron chi connectivity index (χ1n) is 12.9. The Bertz CT molecular complexity index is 1180. The summed E-state index contributed by atoms with van der Waals surface area (Å²) in [6, 6.07) is 26.4. The topological polar surface area (TPSA) is 87.7 Å². The summed E-state index contributed by atoms with van der Waals surface area (Å²) in [6.07, 6.45) is -0.435. The van der Waals surface area contributed by atoms with E-state index in [1.165, 1.54) is 4.90 Å². The maximum Gasteiger partial charge on any atom is 0.408 e. The molecule has 0 saturated heterocycles. The zero-order chi connectivity index (χ0) is 27.5. The van der Waals surface area contributed by atoms with Gasteiger partial charge in [-0.3, -0.25) is 9.59 Å². The molecule has 3 rings (SSSR count). The van der Waals surface area contributed by atoms with Crippen molar-refractivity contribution >= 4 is 17.9 Å². The zero-order valence-electron chi connectivity index (χ0n) is 22.5. The minimum atomic E-state index is -0.930. The largest absolute Gasteiger partial charge is 0.444 e. The van der Waals surface area contributed by atoms with Gasteiger partial charge in [0, 0.05) is 19.5 Å². The Labute approximate surface area is 225 Å². The van der Waals surface area contributed by atoms with Gasteiger partial charge in [-0.1, -0.05) is 91.0 Å². The fourth-order valence-corrected chi connectivity index (χ4v) is 4.16. The molecular formula is C31H37N3O4. The third-order valence-corrected chi connectivity index (χ3v) is 5.88. The van der Waals surface area contributed by atoms with E-state index in [9.17, 15) is 14.4 Å². The summed E-state index contributed by atoms with van der Waals surface area (Å²) >= 11 is 0. The standard InChI is InChI=1S/C31H37N3O4/c1-5-34(27(25-19-13-8-14-20-25)28(35)32-22-24-17-11-7-12-18-24)29(36)26(21-23-15-9-6-10-16-23)33-30(37)38-31(2,3)4/h6-20,26-27H,5,21-22H2,1-4H3,(H,32,35)(H,33,37). The summed E-state index contributed by atoms with van der Waals surface area (Å²) < 4.78 is 5.45. The minimum absolute atomic E-state index is 0.253. The molecule has 2 atom stereocenters. The van der Waals surface area contributed by atoms with Crippen LogP contribution in [0.4, 0.5) is 4.79 Å². The number of nitrogens with one attached hydrogen (secondary N) is 2. The van der Waals surface area contributed by atoms with Crippen LogP contribution in [0, 0.1) is 0 Å². The molecule has 0 fully saturated rings. The van der Waals surface area contributed by atoms with E-state index in [4.69, 9.17) is 4.74 Å². The van der Waals surface area contributed by atoms with Crippen LogP contribution in [0.3, 0.4) is 0 Å². The molecule has 7 nitrogen and oxygen atoms in total. The SMILES string of the molecule is CCN(C(=O)C(Cc1ccccc1)NC(=O)OC(C)(C)C)C(C(=O)NCc1ccccc1)c1ccccc1. The van der Waals surface area contributed by atoms with Crippen LogP contribution in [0.15, 0.2) is 91.0 Å². The lowest BCUT2D eigenvalue weighted by Crippen LogP contribution is -2.53. The summed E-state index contributed by atoms with van der Waals surface area (Å²) in [5.74, 6) is -0.670. The highest BCUT2D eigenvalue weighted by Gasteiger charge is 2.35. The number of carbonyl (C=O) groups is 3. The minimum Gasteiger partial charge on any atom is -0.444 e. The number of carbonyl (C=O) groups excluding carboxylic acids is 3. The van der Waals surface area contributed by atoms with Crippen LogP contribution in [0.5, 0.6) is 0 Å². The van der Waals surface area contributed by atoms with E-state index >= 15 is 0 Å². The van der Waals surface area contributed by atoms with Gasteiger partial charge in [-0.15, -0.1) is 0 Å². The highest BCUT2D eigenvalue weighted by Crippen LogP contribution is 2.23. The van der Waals surface area contributed by atoms with Crippen LogP contribution < -0.4 is 10.6 Å². The Morgan fingerprint density at radius 1 is 0.816 bits per heavy atom. The van der Waals surface area contributed by atoms with E-state index in [2.05, 4.69) is 10.6 Å². The second kappa shape index (κ2) is 13.4. The fourth-order valence-electron chi connectivity index (χ4n) is 4.16. The Morgan fingerprint density at radius 3 is 1.87 bits per heavy atom. The first kappa shape index (κ1) is 28.4. The van der Waals surface area contributed by atoms with Gasteiger partial charge in [-0.25, -0.2) is 4.79 Å². The van der Waals surface area contributed by atoms with Crippen LogP contribution >= 0.6 is 0 Å². The molecule has 0 aromatic heterocycles. The van der Waals surface area contributed by atoms with Gasteiger partial charge in [0.25, 0.3) is 0 Å². The van der Waals surface area contributed by atoms with Crippen molar-refractivity contribution in [2.45, 2.75) is 58.3 Å². The molecule has 2 unspecified atom stereocenters. The molecule has 0 aliphatic heterocycles. The van der Waals surface area contributed by atoms with Gasteiger partial charge in [0.05, 0.1) is 0 Å². The highest BCUT2D eigenvalue weighted by molar-refractivity contribution is 5.92. The molecular weight excluding hydrogens is 478 g/mol. The van der Waals surface area contributed by atoms with Gasteiger partial charge in [-0.05, 0) is 44.4 Å². The predicted molar refractivity (Wildman–Crippen MR) is 148 cm³/mol. The Balaban J connectivity index is 1.91. The molecule has 3 aromatic carbocycles. The number of alkyl carbamates (subject to hydrolysis) is 1. The quantitative estimate of drug-likeness (QED) is 0.397. The van der Waals surface area contributed by atoms with E-state index < -0.39 is 23.8 Å². The first-order chi connectivity index (χ1) is 18.2. The monoisotopic (exact) mass is 515 g/mol. The van der Waals surface area contributed by atoms with Crippen LogP contribution in [0.25, 0.3) is 0 Å². The Kier molecular flexibility index (Phi) is 10.0. The summed E-state index contributed by atoms with van der Waals surface area (Å²) in [5.41, 5.74) is 1.79. The van der Waals surface area contributed by atoms with Crippen molar-refractivity contribution in [2.24, 2.45) is 0 Å². The average Bonchev–Trinajstić information content (AvgIpc) is 2.90. The zero-order valence-corrected chi connectivity index (χ0v) is 22.5. The maximum absolute atomic E-state index is 14.0. The number of likely N-dealkylation sites (N-methyl/N-ethyl adjacent to an activating group) is 1. The number of rotatable bonds is 10. The second-order valence-corrected chi connectivity index (χ2v) is 10.0.